The van der Waals surface area contributed by atoms with E-state index >= 15 is 0 Å². The van der Waals surface area contributed by atoms with Crippen molar-refractivity contribution in [3.63, 3.8) is 0 Å². The molecule has 1 amide bonds. The third-order valence-corrected chi connectivity index (χ3v) is 1.89. The van der Waals surface area contributed by atoms with Crippen LogP contribution < -0.4 is 5.73 Å². The van der Waals surface area contributed by atoms with Crippen LogP contribution in [0, 0.1) is 5.92 Å². The van der Waals surface area contributed by atoms with Crippen molar-refractivity contribution < 1.29 is 30.0 Å². The number of hydrogen-bond acceptors (Lipinski definition) is 6. The number of nitrogens with two attached hydrogens (primary N) is 1. The van der Waals surface area contributed by atoms with Gasteiger partial charge in [0.15, 0.2) is 5.79 Å². The zero-order valence-electron chi connectivity index (χ0n) is 9.59. The van der Waals surface area contributed by atoms with E-state index in [1.165, 1.54) is 0 Å². The molecule has 1 unspecified atom stereocenters. The number of ether oxygens (including phenoxy) is 1. The number of aliphatic hydroxyl groups is 4. The topological polar surface area (TPSA) is 133 Å². The monoisotopic (exact) mass is 239 g/mol. The first-order chi connectivity index (χ1) is 7.35. The summed E-state index contributed by atoms with van der Waals surface area (Å²) in [6.45, 7) is 2.69. The van der Waals surface area contributed by atoms with E-state index in [1.54, 1.807) is 13.8 Å². The fourth-order valence-electron chi connectivity index (χ4n) is 0.874. The number of carbonyl (C=O) groups excluding carboxylic acids is 1. The van der Waals surface area contributed by atoms with Gasteiger partial charge in [0.05, 0.1) is 19.8 Å². The van der Waals surface area contributed by atoms with Crippen LogP contribution in [-0.2, 0) is 4.74 Å². The average Bonchev–Trinajstić information content (AvgIpc) is 2.20. The number of amides is 1. The zero-order valence-corrected chi connectivity index (χ0v) is 9.59. The Labute approximate surface area is 94.5 Å². The molecule has 0 aromatic heterocycles. The molecule has 0 bridgehead atoms. The second-order valence-corrected chi connectivity index (χ2v) is 3.08. The molecule has 0 aliphatic rings. The summed E-state index contributed by atoms with van der Waals surface area (Å²) >= 11 is 0. The lowest BCUT2D eigenvalue weighted by molar-refractivity contribution is -0.229. The normalized spacial score (nSPS) is 12.4. The first-order valence-electron chi connectivity index (χ1n) is 4.94. The summed E-state index contributed by atoms with van der Waals surface area (Å²) in [5.74, 6) is -2.80. The molecule has 0 aliphatic heterocycles. The van der Waals surface area contributed by atoms with E-state index in [9.17, 15) is 4.79 Å². The van der Waals surface area contributed by atoms with Crippen molar-refractivity contribution in [1.82, 2.24) is 0 Å². The number of hydrogen-bond donors (Lipinski definition) is 5. The summed E-state index contributed by atoms with van der Waals surface area (Å²) in [5, 5.41) is 34.8. The lowest BCUT2D eigenvalue weighted by atomic mass is 9.98. The van der Waals surface area contributed by atoms with Gasteiger partial charge in [-0.25, -0.2) is 4.79 Å². The van der Waals surface area contributed by atoms with E-state index in [1.807, 2.05) is 0 Å². The van der Waals surface area contributed by atoms with Gasteiger partial charge in [-0.05, 0) is 13.3 Å². The minimum atomic E-state index is -2.14. The second-order valence-electron chi connectivity index (χ2n) is 3.08. The Hall–Kier alpha value is -0.890. The number of rotatable bonds is 5. The maximum absolute atomic E-state index is 9.60. The van der Waals surface area contributed by atoms with E-state index in [-0.39, 0.29) is 6.61 Å². The highest BCUT2D eigenvalue weighted by Gasteiger charge is 2.31. The van der Waals surface area contributed by atoms with Crippen LogP contribution in [0.5, 0.6) is 0 Å². The molecule has 0 aliphatic carbocycles. The SMILES string of the molecule is CCC(CO)C(O)(O)CO.CCOC(N)=O. The van der Waals surface area contributed by atoms with Crippen molar-refractivity contribution in [2.75, 3.05) is 19.8 Å². The minimum absolute atomic E-state index is 0.329. The number of carbonyl (C=O) groups is 1. The molecule has 1 atom stereocenters. The molecule has 7 heteroatoms. The molecular formula is C9H21NO6. The smallest absolute Gasteiger partial charge is 0.404 e. The highest BCUT2D eigenvalue weighted by Crippen LogP contribution is 2.16. The molecule has 6 N–H and O–H groups in total. The van der Waals surface area contributed by atoms with Gasteiger partial charge in [0.2, 0.25) is 0 Å². The summed E-state index contributed by atoms with van der Waals surface area (Å²) in [7, 11) is 0. The van der Waals surface area contributed by atoms with Crippen LogP contribution in [0.1, 0.15) is 20.3 Å². The number of primary amides is 1. The Morgan fingerprint density at radius 1 is 1.38 bits per heavy atom. The van der Waals surface area contributed by atoms with Crippen LogP contribution in [0.2, 0.25) is 0 Å². The average molecular weight is 239 g/mol. The van der Waals surface area contributed by atoms with Crippen molar-refractivity contribution in [2.24, 2.45) is 11.7 Å². The lowest BCUT2D eigenvalue weighted by Crippen LogP contribution is -2.42. The van der Waals surface area contributed by atoms with Crippen molar-refractivity contribution in [1.29, 1.82) is 0 Å². The molecule has 0 heterocycles. The Kier molecular flexibility index (Phi) is 10.2. The van der Waals surface area contributed by atoms with Gasteiger partial charge in [-0.2, -0.15) is 0 Å². The van der Waals surface area contributed by atoms with Crippen LogP contribution in [0.4, 0.5) is 4.79 Å². The molecule has 98 valence electrons. The third kappa shape index (κ3) is 8.42. The van der Waals surface area contributed by atoms with Crippen molar-refractivity contribution in [2.45, 2.75) is 26.1 Å². The van der Waals surface area contributed by atoms with Gasteiger partial charge in [0.25, 0.3) is 0 Å². The molecule has 0 fully saturated rings. The van der Waals surface area contributed by atoms with Crippen LogP contribution in [0.25, 0.3) is 0 Å². The van der Waals surface area contributed by atoms with Gasteiger partial charge >= 0.3 is 6.09 Å². The number of aliphatic hydroxyl groups excluding tert-OH is 2. The Morgan fingerprint density at radius 2 is 1.88 bits per heavy atom. The molecule has 0 aromatic carbocycles. The second kappa shape index (κ2) is 9.34. The molecule has 0 saturated carbocycles. The van der Waals surface area contributed by atoms with Crippen LogP contribution >= 0.6 is 0 Å². The van der Waals surface area contributed by atoms with Crippen molar-refractivity contribution in [3.05, 3.63) is 0 Å². The summed E-state index contributed by atoms with van der Waals surface area (Å²) in [4.78, 5) is 9.60. The lowest BCUT2D eigenvalue weighted by Gasteiger charge is -2.26. The Bertz CT molecular complexity index is 181. The maximum Gasteiger partial charge on any atom is 0.404 e. The molecule has 0 spiro atoms. The third-order valence-electron chi connectivity index (χ3n) is 1.89. The highest BCUT2D eigenvalue weighted by molar-refractivity contribution is 5.64. The van der Waals surface area contributed by atoms with E-state index in [0.29, 0.717) is 13.0 Å². The van der Waals surface area contributed by atoms with Crippen LogP contribution in [0.3, 0.4) is 0 Å². The summed E-state index contributed by atoms with van der Waals surface area (Å²) in [6.07, 6.45) is -0.290. The van der Waals surface area contributed by atoms with E-state index in [0.717, 1.165) is 0 Å². The summed E-state index contributed by atoms with van der Waals surface area (Å²) in [5.41, 5.74) is 4.54. The van der Waals surface area contributed by atoms with E-state index < -0.39 is 24.4 Å². The van der Waals surface area contributed by atoms with Gasteiger partial charge in [0, 0.05) is 5.92 Å². The standard InChI is InChI=1S/C6H14O4.C3H7NO2/c1-2-5(3-7)6(9,10)4-8;1-2-6-3(4)5/h5,7-10H,2-4H2,1H3;2H2,1H3,(H2,4,5). The summed E-state index contributed by atoms with van der Waals surface area (Å²) < 4.78 is 4.18. The molecule has 16 heavy (non-hydrogen) atoms. The van der Waals surface area contributed by atoms with Gasteiger partial charge in [0.1, 0.15) is 0 Å². The van der Waals surface area contributed by atoms with Crippen molar-refractivity contribution in [3.8, 4) is 0 Å². The fraction of sp³-hybridized carbons (Fsp3) is 0.889. The highest BCUT2D eigenvalue weighted by atomic mass is 16.5. The van der Waals surface area contributed by atoms with Crippen molar-refractivity contribution >= 4 is 6.09 Å². The van der Waals surface area contributed by atoms with Gasteiger partial charge in [-0.15, -0.1) is 0 Å². The van der Waals surface area contributed by atoms with E-state index in [4.69, 9.17) is 20.4 Å². The largest absolute Gasteiger partial charge is 0.450 e. The molecule has 0 radical (unpaired) electrons. The maximum atomic E-state index is 9.60. The fourth-order valence-corrected chi connectivity index (χ4v) is 0.874. The predicted octanol–water partition coefficient (Wildman–Crippen LogP) is -1.22. The minimum Gasteiger partial charge on any atom is -0.450 e. The van der Waals surface area contributed by atoms with Crippen LogP contribution in [0.15, 0.2) is 0 Å². The first-order valence-corrected chi connectivity index (χ1v) is 4.94. The molecule has 0 aromatic rings. The van der Waals surface area contributed by atoms with Gasteiger partial charge in [-0.1, -0.05) is 6.92 Å². The van der Waals surface area contributed by atoms with Gasteiger partial charge in [-0.3, -0.25) is 0 Å². The molecule has 0 saturated heterocycles. The van der Waals surface area contributed by atoms with Gasteiger partial charge < -0.3 is 30.9 Å². The van der Waals surface area contributed by atoms with Crippen LogP contribution in [-0.4, -0.2) is 52.1 Å². The Morgan fingerprint density at radius 3 is 1.94 bits per heavy atom. The predicted molar refractivity (Wildman–Crippen MR) is 56.3 cm³/mol. The quantitative estimate of drug-likeness (QED) is 0.382. The molecule has 7 nitrogen and oxygen atoms in total. The zero-order chi connectivity index (χ0) is 13.2. The Balaban J connectivity index is 0. The first kappa shape index (κ1) is 17.5. The molecule has 0 rings (SSSR count). The summed E-state index contributed by atoms with van der Waals surface area (Å²) in [6, 6.07) is 0. The molecular weight excluding hydrogens is 218 g/mol. The van der Waals surface area contributed by atoms with E-state index in [2.05, 4.69) is 10.5 Å².